The van der Waals surface area contributed by atoms with Crippen LogP contribution in [0.5, 0.6) is 5.75 Å². The first-order valence-corrected chi connectivity index (χ1v) is 9.84. The molecule has 2 aliphatic heterocycles. The second kappa shape index (κ2) is 7.77. The first-order valence-electron chi connectivity index (χ1n) is 9.84. The predicted molar refractivity (Wildman–Crippen MR) is 105 cm³/mol. The number of hydrogen-bond donors (Lipinski definition) is 2. The Morgan fingerprint density at radius 3 is 2.71 bits per heavy atom. The molecule has 8 nitrogen and oxygen atoms in total. The lowest BCUT2D eigenvalue weighted by molar-refractivity contribution is 0.0667. The van der Waals surface area contributed by atoms with Crippen molar-refractivity contribution in [3.05, 3.63) is 62.6 Å². The van der Waals surface area contributed by atoms with Gasteiger partial charge in [0.15, 0.2) is 11.4 Å². The molecule has 0 bridgehead atoms. The fourth-order valence-electron chi connectivity index (χ4n) is 4.32. The normalized spacial score (nSPS) is 19.4. The van der Waals surface area contributed by atoms with Gasteiger partial charge in [-0.3, -0.25) is 14.4 Å². The highest BCUT2D eigenvalue weighted by atomic mass is 19.1. The minimum Gasteiger partial charge on any atom is -0.491 e. The summed E-state index contributed by atoms with van der Waals surface area (Å²) in [6.07, 6.45) is -0.897. The summed E-state index contributed by atoms with van der Waals surface area (Å²) in [6.45, 7) is 2.26. The number of hydrogen-bond acceptors (Lipinski definition) is 5. The summed E-state index contributed by atoms with van der Waals surface area (Å²) in [6, 6.07) is 2.62. The molecule has 2 N–H and O–H groups in total. The van der Waals surface area contributed by atoms with Crippen molar-refractivity contribution in [1.29, 1.82) is 0 Å². The molecule has 4 rings (SSSR count). The van der Waals surface area contributed by atoms with E-state index >= 15 is 0 Å². The lowest BCUT2D eigenvalue weighted by Gasteiger charge is -2.34. The molecule has 0 spiro atoms. The van der Waals surface area contributed by atoms with Crippen molar-refractivity contribution in [2.45, 2.75) is 32.0 Å². The molecule has 0 aliphatic carbocycles. The van der Waals surface area contributed by atoms with Crippen molar-refractivity contribution in [3.8, 4) is 5.75 Å². The zero-order chi connectivity index (χ0) is 22.4. The highest BCUT2D eigenvalue weighted by Crippen LogP contribution is 2.42. The Hall–Kier alpha value is -3.27. The zero-order valence-electron chi connectivity index (χ0n) is 16.9. The topological polar surface area (TPSA) is 101 Å². The number of ether oxygens (including phenoxy) is 1. The van der Waals surface area contributed by atoms with E-state index in [9.17, 15) is 28.3 Å². The van der Waals surface area contributed by atoms with Gasteiger partial charge < -0.3 is 24.6 Å². The van der Waals surface area contributed by atoms with Crippen molar-refractivity contribution in [1.82, 2.24) is 14.8 Å². The van der Waals surface area contributed by atoms with E-state index in [4.69, 9.17) is 4.74 Å². The van der Waals surface area contributed by atoms with Gasteiger partial charge in [0.05, 0.1) is 24.9 Å². The van der Waals surface area contributed by atoms with E-state index in [-0.39, 0.29) is 47.3 Å². The summed E-state index contributed by atoms with van der Waals surface area (Å²) in [5.74, 6) is -3.12. The number of aliphatic hydroxyl groups is 1. The van der Waals surface area contributed by atoms with Crippen molar-refractivity contribution in [2.75, 3.05) is 20.2 Å². The third kappa shape index (κ3) is 3.27. The fourth-order valence-corrected chi connectivity index (χ4v) is 4.32. The molecule has 1 aromatic heterocycles. The van der Waals surface area contributed by atoms with Crippen molar-refractivity contribution in [3.63, 3.8) is 0 Å². The Labute approximate surface area is 176 Å². The molecule has 0 radical (unpaired) electrons. The van der Waals surface area contributed by atoms with Gasteiger partial charge in [-0.2, -0.15) is 0 Å². The molecule has 0 saturated carbocycles. The number of nitrogens with one attached hydrogen (secondary N) is 1. The maximum absolute atomic E-state index is 13.9. The van der Waals surface area contributed by atoms with Gasteiger partial charge in [0.1, 0.15) is 17.2 Å². The average molecular weight is 433 g/mol. The van der Waals surface area contributed by atoms with Crippen molar-refractivity contribution < 1.29 is 28.2 Å². The summed E-state index contributed by atoms with van der Waals surface area (Å²) in [7, 11) is 1.23. The number of benzene rings is 1. The van der Waals surface area contributed by atoms with Gasteiger partial charge in [-0.1, -0.05) is 6.07 Å². The molecule has 0 saturated heterocycles. The summed E-state index contributed by atoms with van der Waals surface area (Å²) < 4.78 is 33.7. The summed E-state index contributed by atoms with van der Waals surface area (Å²) in [4.78, 5) is 40.5. The molecule has 2 aliphatic rings. The van der Waals surface area contributed by atoms with Crippen LogP contribution < -0.4 is 15.5 Å². The molecule has 2 amide bonds. The molecule has 2 atom stereocenters. The van der Waals surface area contributed by atoms with Crippen LogP contribution in [0.2, 0.25) is 0 Å². The van der Waals surface area contributed by atoms with Gasteiger partial charge in [-0.25, -0.2) is 8.78 Å². The molecular weight excluding hydrogens is 412 g/mol. The van der Waals surface area contributed by atoms with Crippen LogP contribution >= 0.6 is 0 Å². The molecule has 1 aromatic carbocycles. The van der Waals surface area contributed by atoms with Crippen LogP contribution in [0.4, 0.5) is 8.78 Å². The van der Waals surface area contributed by atoms with E-state index in [2.05, 4.69) is 5.32 Å². The maximum atomic E-state index is 13.9. The fraction of sp³-hybridized carbons (Fsp3) is 0.381. The van der Waals surface area contributed by atoms with Gasteiger partial charge in [0.2, 0.25) is 5.43 Å². The average Bonchev–Trinajstić information content (AvgIpc) is 3.05. The van der Waals surface area contributed by atoms with Crippen LogP contribution in [-0.4, -0.2) is 46.6 Å². The number of aliphatic hydroxyl groups excluding tert-OH is 1. The monoisotopic (exact) mass is 433 g/mol. The van der Waals surface area contributed by atoms with E-state index in [1.165, 1.54) is 17.7 Å². The summed E-state index contributed by atoms with van der Waals surface area (Å²) in [5, 5.41) is 13.1. The largest absolute Gasteiger partial charge is 0.491 e. The van der Waals surface area contributed by atoms with E-state index in [0.717, 1.165) is 6.07 Å². The Balaban J connectivity index is 1.78. The molecule has 1 unspecified atom stereocenters. The van der Waals surface area contributed by atoms with E-state index in [1.54, 1.807) is 11.8 Å². The maximum Gasteiger partial charge on any atom is 0.274 e. The Morgan fingerprint density at radius 1 is 1.32 bits per heavy atom. The smallest absolute Gasteiger partial charge is 0.274 e. The number of halogens is 2. The number of amides is 2. The first kappa shape index (κ1) is 21.0. The minimum absolute atomic E-state index is 0.0123. The molecule has 3 heterocycles. The van der Waals surface area contributed by atoms with Crippen LogP contribution in [-0.2, 0) is 6.54 Å². The van der Waals surface area contributed by atoms with Crippen LogP contribution in [0, 0.1) is 11.6 Å². The number of aromatic nitrogens is 1. The Kier molecular flexibility index (Phi) is 5.26. The molecule has 31 heavy (non-hydrogen) atoms. The van der Waals surface area contributed by atoms with Gasteiger partial charge in [0, 0.05) is 37.7 Å². The minimum atomic E-state index is -1.13. The third-order valence-electron chi connectivity index (χ3n) is 5.77. The predicted octanol–water partition coefficient (Wildman–Crippen LogP) is 1.52. The number of methoxy groups -OCH3 is 1. The van der Waals surface area contributed by atoms with E-state index < -0.39 is 35.0 Å². The standard InChI is InChI=1S/C21H21F2N3O5/c1-3-25-9-12-7-14(27)16-15(18(28)19(31-2)17(21(25)30)26(12)16)20(29)24-8-10-4-5-11(22)6-13(10)23/h4-6,12,14,27H,3,7-9H2,1-2H3,(H,24,29)/t12-,14?/m0/s1. The number of nitrogens with zero attached hydrogens (tertiary/aromatic N) is 2. The molecule has 164 valence electrons. The van der Waals surface area contributed by atoms with Crippen LogP contribution in [0.25, 0.3) is 0 Å². The second-order valence-electron chi connectivity index (χ2n) is 7.51. The molecular formula is C21H21F2N3O5. The third-order valence-corrected chi connectivity index (χ3v) is 5.77. The molecule has 2 aromatic rings. The van der Waals surface area contributed by atoms with Gasteiger partial charge >= 0.3 is 0 Å². The summed E-state index contributed by atoms with van der Waals surface area (Å²) in [5.41, 5.74) is -1.09. The zero-order valence-corrected chi connectivity index (χ0v) is 16.9. The van der Waals surface area contributed by atoms with E-state index in [0.29, 0.717) is 19.2 Å². The Morgan fingerprint density at radius 2 is 2.06 bits per heavy atom. The number of likely N-dealkylation sites (N-methyl/N-ethyl adjacent to an activating group) is 1. The number of pyridine rings is 1. The highest BCUT2D eigenvalue weighted by molar-refractivity contribution is 6.00. The van der Waals surface area contributed by atoms with Gasteiger partial charge in [-0.15, -0.1) is 0 Å². The molecule has 0 fully saturated rings. The van der Waals surface area contributed by atoms with Crippen molar-refractivity contribution in [2.24, 2.45) is 0 Å². The Bertz CT molecular complexity index is 1150. The highest BCUT2D eigenvalue weighted by Gasteiger charge is 2.44. The van der Waals surface area contributed by atoms with Crippen LogP contribution in [0.1, 0.15) is 57.6 Å². The first-order chi connectivity index (χ1) is 14.8. The quantitative estimate of drug-likeness (QED) is 0.745. The van der Waals surface area contributed by atoms with Crippen LogP contribution in [0.3, 0.4) is 0 Å². The number of rotatable bonds is 5. The number of carbonyl (C=O) groups is 2. The SMILES string of the molecule is CCN1C[C@@H]2CC(O)c3c(C(=O)NCc4ccc(F)cc4F)c(=O)c(OC)c(n32)C1=O. The van der Waals surface area contributed by atoms with E-state index in [1.807, 2.05) is 0 Å². The second-order valence-corrected chi connectivity index (χ2v) is 7.51. The summed E-state index contributed by atoms with van der Waals surface area (Å²) >= 11 is 0. The van der Waals surface area contributed by atoms with Gasteiger partial charge in [-0.05, 0) is 13.0 Å². The lowest BCUT2D eigenvalue weighted by Crippen LogP contribution is -2.44. The molecule has 10 heteroatoms. The number of carbonyl (C=O) groups excluding carboxylic acids is 2. The van der Waals surface area contributed by atoms with Crippen molar-refractivity contribution >= 4 is 11.8 Å². The van der Waals surface area contributed by atoms with Crippen LogP contribution in [0.15, 0.2) is 23.0 Å². The van der Waals surface area contributed by atoms with Gasteiger partial charge in [0.25, 0.3) is 11.8 Å². The lowest BCUT2D eigenvalue weighted by atomic mass is 10.1.